The fourth-order valence-corrected chi connectivity index (χ4v) is 5.16. The Morgan fingerprint density at radius 2 is 1.67 bits per heavy atom. The first kappa shape index (κ1) is 19.0. The van der Waals surface area contributed by atoms with E-state index in [2.05, 4.69) is 18.2 Å². The van der Waals surface area contributed by atoms with Crippen LogP contribution in [0, 0.1) is 5.92 Å². The van der Waals surface area contributed by atoms with Crippen LogP contribution in [-0.2, 0) is 21.7 Å². The highest BCUT2D eigenvalue weighted by molar-refractivity contribution is 6.09. The van der Waals surface area contributed by atoms with Gasteiger partial charge in [-0.3, -0.25) is 9.59 Å². The van der Waals surface area contributed by atoms with Crippen molar-refractivity contribution in [2.75, 3.05) is 4.90 Å². The van der Waals surface area contributed by atoms with E-state index in [-0.39, 0.29) is 11.7 Å². The van der Waals surface area contributed by atoms with Gasteiger partial charge in [-0.25, -0.2) is 0 Å². The number of fused-ring (bicyclic) bond motifs is 2. The topological polar surface area (TPSA) is 57.6 Å². The van der Waals surface area contributed by atoms with Crippen LogP contribution in [0.5, 0.6) is 0 Å². The Hall–Kier alpha value is -2.98. The van der Waals surface area contributed by atoms with Crippen LogP contribution in [-0.4, -0.2) is 16.8 Å². The van der Waals surface area contributed by atoms with Crippen LogP contribution in [0.25, 0.3) is 10.8 Å². The highest BCUT2D eigenvalue weighted by atomic mass is 16.3. The van der Waals surface area contributed by atoms with Crippen molar-refractivity contribution in [3.63, 3.8) is 0 Å². The van der Waals surface area contributed by atoms with E-state index >= 15 is 0 Å². The maximum atomic E-state index is 13.7. The standard InChI is InChI=1S/C26H25NO3/c28-24-16-3-1-2-14-22(24)26(30)21-13-6-7-15-23(21)27(25(26)29)17-19-11-8-10-18-9-4-5-12-20(18)19/h4-13,15,22,30H,1-3,14,16-17H2/t22-,26+/m0/s1. The number of amides is 1. The number of rotatable bonds is 3. The second kappa shape index (κ2) is 7.37. The smallest absolute Gasteiger partial charge is 0.264 e. The number of ketones is 1. The van der Waals surface area contributed by atoms with Gasteiger partial charge >= 0.3 is 0 Å². The third-order valence-corrected chi connectivity index (χ3v) is 6.69. The summed E-state index contributed by atoms with van der Waals surface area (Å²) in [6.07, 6.45) is 3.65. The molecule has 0 bridgehead atoms. The summed E-state index contributed by atoms with van der Waals surface area (Å²) in [5.74, 6) is -1.05. The molecule has 1 amide bonds. The van der Waals surface area contributed by atoms with Crippen LogP contribution in [0.3, 0.4) is 0 Å². The van der Waals surface area contributed by atoms with Gasteiger partial charge in [0.15, 0.2) is 5.60 Å². The van der Waals surface area contributed by atoms with E-state index in [0.29, 0.717) is 30.6 Å². The number of hydrogen-bond donors (Lipinski definition) is 1. The zero-order chi connectivity index (χ0) is 20.7. The molecule has 1 heterocycles. The number of benzene rings is 3. The molecule has 30 heavy (non-hydrogen) atoms. The zero-order valence-electron chi connectivity index (χ0n) is 16.9. The van der Waals surface area contributed by atoms with Gasteiger partial charge in [0.25, 0.3) is 5.91 Å². The SMILES string of the molecule is O=C1CCCCC[C@@H]1[C@@]1(O)C(=O)N(Cc2cccc3ccccc23)c2ccccc21. The third kappa shape index (κ3) is 2.86. The number of anilines is 1. The second-order valence-electron chi connectivity index (χ2n) is 8.43. The van der Waals surface area contributed by atoms with Gasteiger partial charge in [-0.1, -0.05) is 73.5 Å². The Morgan fingerprint density at radius 1 is 0.900 bits per heavy atom. The minimum absolute atomic E-state index is 0.00478. The monoisotopic (exact) mass is 399 g/mol. The summed E-state index contributed by atoms with van der Waals surface area (Å²) in [7, 11) is 0. The average Bonchev–Trinajstić information content (AvgIpc) is 2.91. The molecule has 3 aromatic rings. The van der Waals surface area contributed by atoms with Crippen molar-refractivity contribution in [3.05, 3.63) is 77.9 Å². The van der Waals surface area contributed by atoms with E-state index in [1.54, 1.807) is 11.0 Å². The summed E-state index contributed by atoms with van der Waals surface area (Å²) in [6, 6.07) is 21.5. The van der Waals surface area contributed by atoms with Crippen LogP contribution >= 0.6 is 0 Å². The number of aliphatic hydroxyl groups is 1. The Kier molecular flexibility index (Phi) is 4.67. The fourth-order valence-electron chi connectivity index (χ4n) is 5.16. The highest BCUT2D eigenvalue weighted by Gasteiger charge is 2.56. The molecule has 0 unspecified atom stereocenters. The van der Waals surface area contributed by atoms with E-state index in [4.69, 9.17) is 0 Å². The summed E-state index contributed by atoms with van der Waals surface area (Å²) in [6.45, 7) is 0.362. The molecule has 4 nitrogen and oxygen atoms in total. The lowest BCUT2D eigenvalue weighted by Crippen LogP contribution is -2.48. The summed E-state index contributed by atoms with van der Waals surface area (Å²) in [5.41, 5.74) is 0.515. The number of carbonyl (C=O) groups excluding carboxylic acids is 2. The van der Waals surface area contributed by atoms with Crippen molar-refractivity contribution in [2.45, 2.75) is 44.2 Å². The Bertz CT molecular complexity index is 1130. The van der Waals surface area contributed by atoms with Crippen LogP contribution in [0.15, 0.2) is 66.7 Å². The predicted molar refractivity (Wildman–Crippen MR) is 117 cm³/mol. The number of para-hydroxylation sites is 1. The quantitative estimate of drug-likeness (QED) is 0.648. The molecule has 1 N–H and O–H groups in total. The first-order valence-electron chi connectivity index (χ1n) is 10.7. The number of hydrogen-bond acceptors (Lipinski definition) is 3. The van der Waals surface area contributed by atoms with Crippen LogP contribution < -0.4 is 4.90 Å². The Balaban J connectivity index is 1.59. The number of carbonyl (C=O) groups is 2. The molecule has 1 fully saturated rings. The van der Waals surface area contributed by atoms with Gasteiger partial charge < -0.3 is 10.0 Å². The molecule has 2 atom stereocenters. The zero-order valence-corrected chi connectivity index (χ0v) is 16.9. The van der Waals surface area contributed by atoms with Crippen LogP contribution in [0.2, 0.25) is 0 Å². The maximum Gasteiger partial charge on any atom is 0.264 e. The van der Waals surface area contributed by atoms with Crippen molar-refractivity contribution in [1.29, 1.82) is 0 Å². The van der Waals surface area contributed by atoms with E-state index in [1.807, 2.05) is 42.5 Å². The van der Waals surface area contributed by atoms with Gasteiger partial charge in [-0.2, -0.15) is 0 Å². The third-order valence-electron chi connectivity index (χ3n) is 6.69. The van der Waals surface area contributed by atoms with E-state index in [0.717, 1.165) is 35.6 Å². The van der Waals surface area contributed by atoms with Crippen LogP contribution in [0.4, 0.5) is 5.69 Å². The molecule has 0 spiro atoms. The Morgan fingerprint density at radius 3 is 2.57 bits per heavy atom. The predicted octanol–water partition coefficient (Wildman–Crippen LogP) is 4.72. The molecule has 5 rings (SSSR count). The molecule has 1 saturated carbocycles. The lowest BCUT2D eigenvalue weighted by atomic mass is 9.77. The normalized spacial score (nSPS) is 24.2. The second-order valence-corrected chi connectivity index (χ2v) is 8.43. The minimum Gasteiger partial charge on any atom is -0.375 e. The molecule has 0 saturated heterocycles. The molecule has 0 radical (unpaired) electrons. The minimum atomic E-state index is -1.78. The average molecular weight is 399 g/mol. The summed E-state index contributed by atoms with van der Waals surface area (Å²) >= 11 is 0. The van der Waals surface area contributed by atoms with Crippen molar-refractivity contribution in [3.8, 4) is 0 Å². The van der Waals surface area contributed by atoms with Gasteiger partial charge in [-0.15, -0.1) is 0 Å². The van der Waals surface area contributed by atoms with Gasteiger partial charge in [0, 0.05) is 12.0 Å². The van der Waals surface area contributed by atoms with Crippen molar-refractivity contribution < 1.29 is 14.7 Å². The van der Waals surface area contributed by atoms with Gasteiger partial charge in [-0.05, 0) is 35.2 Å². The van der Waals surface area contributed by atoms with Crippen molar-refractivity contribution in [2.24, 2.45) is 5.92 Å². The summed E-state index contributed by atoms with van der Waals surface area (Å²) in [4.78, 5) is 28.2. The van der Waals surface area contributed by atoms with Crippen LogP contribution in [0.1, 0.15) is 43.2 Å². The Labute approximate surface area is 176 Å². The molecule has 1 aliphatic carbocycles. The molecular formula is C26H25NO3. The van der Waals surface area contributed by atoms with E-state index in [9.17, 15) is 14.7 Å². The summed E-state index contributed by atoms with van der Waals surface area (Å²) in [5, 5.41) is 14.0. The van der Waals surface area contributed by atoms with Gasteiger partial charge in [0.2, 0.25) is 0 Å². The number of nitrogens with zero attached hydrogens (tertiary/aromatic N) is 1. The van der Waals surface area contributed by atoms with Crippen molar-refractivity contribution >= 4 is 28.2 Å². The molecule has 3 aromatic carbocycles. The first-order chi connectivity index (χ1) is 14.6. The molecule has 2 aliphatic rings. The molecule has 1 aliphatic heterocycles. The molecule has 4 heteroatoms. The first-order valence-corrected chi connectivity index (χ1v) is 10.7. The van der Waals surface area contributed by atoms with E-state index in [1.165, 1.54) is 0 Å². The van der Waals surface area contributed by atoms with Gasteiger partial charge in [0.05, 0.1) is 18.2 Å². The molecular weight excluding hydrogens is 374 g/mol. The largest absolute Gasteiger partial charge is 0.375 e. The van der Waals surface area contributed by atoms with Gasteiger partial charge in [0.1, 0.15) is 5.78 Å². The number of Topliss-reactive ketones (excluding diaryl/α,β-unsaturated/α-hetero) is 1. The fraction of sp³-hybridized carbons (Fsp3) is 0.308. The maximum absolute atomic E-state index is 13.7. The lowest BCUT2D eigenvalue weighted by molar-refractivity contribution is -0.150. The summed E-state index contributed by atoms with van der Waals surface area (Å²) < 4.78 is 0. The lowest BCUT2D eigenvalue weighted by Gasteiger charge is -2.30. The molecule has 0 aromatic heterocycles. The highest BCUT2D eigenvalue weighted by Crippen LogP contribution is 2.48. The van der Waals surface area contributed by atoms with E-state index < -0.39 is 11.5 Å². The molecule has 152 valence electrons. The van der Waals surface area contributed by atoms with Crippen molar-refractivity contribution in [1.82, 2.24) is 0 Å².